The molecule has 0 bridgehead atoms. The van der Waals surface area contributed by atoms with Crippen molar-refractivity contribution in [2.24, 2.45) is 5.41 Å². The van der Waals surface area contributed by atoms with Gasteiger partial charge in [-0.15, -0.1) is 10.2 Å². The maximum absolute atomic E-state index is 11.9. The topological polar surface area (TPSA) is 85.4 Å². The van der Waals surface area contributed by atoms with Gasteiger partial charge in [-0.3, -0.25) is 4.79 Å². The first-order valence-electron chi connectivity index (χ1n) is 7.47. The highest BCUT2D eigenvalue weighted by Crippen LogP contribution is 2.30. The number of rotatable bonds is 5. The Labute approximate surface area is 141 Å². The second-order valence-corrected chi connectivity index (χ2v) is 6.20. The number of carbonyl (C=O) groups excluding carboxylic acids is 1. The minimum Gasteiger partial charge on any atom is -0.493 e. The van der Waals surface area contributed by atoms with Crippen molar-refractivity contribution in [3.05, 3.63) is 30.3 Å². The molecule has 0 unspecified atom stereocenters. The van der Waals surface area contributed by atoms with Crippen molar-refractivity contribution in [3.63, 3.8) is 0 Å². The Morgan fingerprint density at radius 3 is 2.12 bits per heavy atom. The fourth-order valence-electron chi connectivity index (χ4n) is 1.83. The smallest absolute Gasteiger partial charge is 0.230 e. The van der Waals surface area contributed by atoms with E-state index >= 15 is 0 Å². The Bertz CT molecular complexity index is 709. The third-order valence-corrected chi connectivity index (χ3v) is 3.24. The molecule has 1 amide bonds. The van der Waals surface area contributed by atoms with Crippen molar-refractivity contribution in [2.75, 3.05) is 24.9 Å². The normalized spacial score (nSPS) is 10.9. The molecule has 7 nitrogen and oxygen atoms in total. The van der Waals surface area contributed by atoms with E-state index in [0.29, 0.717) is 23.1 Å². The van der Waals surface area contributed by atoms with E-state index in [9.17, 15) is 4.79 Å². The summed E-state index contributed by atoms with van der Waals surface area (Å²) in [4.78, 5) is 11.9. The summed E-state index contributed by atoms with van der Waals surface area (Å²) in [7, 11) is 3.16. The zero-order valence-electron chi connectivity index (χ0n) is 14.5. The van der Waals surface area contributed by atoms with Crippen LogP contribution in [0.15, 0.2) is 30.3 Å². The largest absolute Gasteiger partial charge is 0.493 e. The molecule has 0 aliphatic heterocycles. The van der Waals surface area contributed by atoms with Crippen LogP contribution >= 0.6 is 0 Å². The molecular formula is C17H22N4O3. The van der Waals surface area contributed by atoms with Crippen molar-refractivity contribution in [1.82, 2.24) is 10.2 Å². The summed E-state index contributed by atoms with van der Waals surface area (Å²) in [6.07, 6.45) is 0. The van der Waals surface area contributed by atoms with Crippen LogP contribution in [0.3, 0.4) is 0 Å². The van der Waals surface area contributed by atoms with Crippen LogP contribution in [0.5, 0.6) is 11.5 Å². The van der Waals surface area contributed by atoms with E-state index < -0.39 is 5.41 Å². The lowest BCUT2D eigenvalue weighted by Crippen LogP contribution is -2.28. The fourth-order valence-corrected chi connectivity index (χ4v) is 1.83. The van der Waals surface area contributed by atoms with E-state index in [0.717, 1.165) is 5.69 Å². The lowest BCUT2D eigenvalue weighted by Gasteiger charge is -2.16. The maximum atomic E-state index is 11.9. The van der Waals surface area contributed by atoms with E-state index in [1.165, 1.54) is 0 Å². The minimum atomic E-state index is -0.488. The first-order chi connectivity index (χ1) is 11.3. The third kappa shape index (κ3) is 4.34. The Hall–Kier alpha value is -2.83. The molecular weight excluding hydrogens is 308 g/mol. The molecule has 128 valence electrons. The van der Waals surface area contributed by atoms with Crippen molar-refractivity contribution in [3.8, 4) is 11.5 Å². The number of amides is 1. The average Bonchev–Trinajstić information content (AvgIpc) is 2.55. The van der Waals surface area contributed by atoms with E-state index in [4.69, 9.17) is 9.47 Å². The predicted octanol–water partition coefficient (Wildman–Crippen LogP) is 3.22. The summed E-state index contributed by atoms with van der Waals surface area (Å²) in [5, 5.41) is 13.9. The van der Waals surface area contributed by atoms with Crippen molar-refractivity contribution >= 4 is 23.2 Å². The number of nitrogens with zero attached hydrogens (tertiary/aromatic N) is 2. The first-order valence-corrected chi connectivity index (χ1v) is 7.47. The quantitative estimate of drug-likeness (QED) is 0.875. The van der Waals surface area contributed by atoms with Gasteiger partial charge < -0.3 is 20.1 Å². The number of ether oxygens (including phenoxy) is 2. The molecule has 0 saturated heterocycles. The zero-order valence-corrected chi connectivity index (χ0v) is 14.5. The van der Waals surface area contributed by atoms with Crippen LogP contribution in [0.25, 0.3) is 0 Å². The summed E-state index contributed by atoms with van der Waals surface area (Å²) >= 11 is 0. The molecule has 1 heterocycles. The van der Waals surface area contributed by atoms with Gasteiger partial charge in [0.1, 0.15) is 0 Å². The fraction of sp³-hybridized carbons (Fsp3) is 0.353. The van der Waals surface area contributed by atoms with Crippen LogP contribution in [0.4, 0.5) is 17.3 Å². The Morgan fingerprint density at radius 1 is 0.958 bits per heavy atom. The number of hydrogen-bond acceptors (Lipinski definition) is 6. The van der Waals surface area contributed by atoms with Crippen LogP contribution in [0, 0.1) is 5.41 Å². The van der Waals surface area contributed by atoms with Gasteiger partial charge in [0, 0.05) is 17.2 Å². The molecule has 0 atom stereocenters. The first kappa shape index (κ1) is 17.5. The minimum absolute atomic E-state index is 0.114. The van der Waals surface area contributed by atoms with Crippen LogP contribution in [0.1, 0.15) is 20.8 Å². The third-order valence-electron chi connectivity index (χ3n) is 3.24. The second kappa shape index (κ2) is 7.16. The average molecular weight is 330 g/mol. The van der Waals surface area contributed by atoms with Crippen LogP contribution in [-0.4, -0.2) is 30.3 Å². The van der Waals surface area contributed by atoms with Gasteiger partial charge in [-0.25, -0.2) is 0 Å². The number of hydrogen-bond donors (Lipinski definition) is 2. The van der Waals surface area contributed by atoms with Gasteiger partial charge in [0.05, 0.1) is 14.2 Å². The van der Waals surface area contributed by atoms with E-state index in [1.807, 2.05) is 26.8 Å². The number of aromatic nitrogens is 2. The number of anilines is 3. The van der Waals surface area contributed by atoms with Gasteiger partial charge in [-0.2, -0.15) is 0 Å². The van der Waals surface area contributed by atoms with Crippen LogP contribution in [-0.2, 0) is 4.79 Å². The van der Waals surface area contributed by atoms with Gasteiger partial charge in [-0.1, -0.05) is 20.8 Å². The number of nitrogens with one attached hydrogen (secondary N) is 2. The second-order valence-electron chi connectivity index (χ2n) is 6.20. The molecule has 0 aliphatic carbocycles. The molecule has 1 aromatic heterocycles. The summed E-state index contributed by atoms with van der Waals surface area (Å²) in [5.41, 5.74) is 0.298. The molecule has 1 aromatic carbocycles. The highest BCUT2D eigenvalue weighted by atomic mass is 16.5. The lowest BCUT2D eigenvalue weighted by molar-refractivity contribution is -0.123. The zero-order chi connectivity index (χ0) is 17.7. The standard InChI is InChI=1S/C17H22N4O3/c1-17(2,3)16(22)19-15-9-8-14(20-21-15)18-11-6-7-12(23-4)13(10-11)24-5/h6-10H,1-5H3,(H,18,20)(H,19,21,22). The van der Waals surface area contributed by atoms with E-state index in [2.05, 4.69) is 20.8 Å². The van der Waals surface area contributed by atoms with E-state index in [1.54, 1.807) is 38.5 Å². The molecule has 2 aromatic rings. The number of methoxy groups -OCH3 is 2. The predicted molar refractivity (Wildman–Crippen MR) is 92.9 cm³/mol. The highest BCUT2D eigenvalue weighted by Gasteiger charge is 2.21. The summed E-state index contributed by atoms with van der Waals surface area (Å²) in [5.74, 6) is 2.11. The van der Waals surface area contributed by atoms with Gasteiger partial charge in [0.2, 0.25) is 5.91 Å². The number of carbonyl (C=O) groups is 1. The molecule has 2 rings (SSSR count). The summed E-state index contributed by atoms with van der Waals surface area (Å²) in [6.45, 7) is 5.51. The highest BCUT2D eigenvalue weighted by molar-refractivity contribution is 5.93. The van der Waals surface area contributed by atoms with Crippen molar-refractivity contribution in [2.45, 2.75) is 20.8 Å². The van der Waals surface area contributed by atoms with Gasteiger partial charge in [-0.05, 0) is 24.3 Å². The SMILES string of the molecule is COc1ccc(Nc2ccc(NC(=O)C(C)(C)C)nn2)cc1OC. The molecule has 0 spiro atoms. The summed E-state index contributed by atoms with van der Waals surface area (Å²) in [6, 6.07) is 8.88. The molecule has 0 saturated carbocycles. The maximum Gasteiger partial charge on any atom is 0.230 e. The van der Waals surface area contributed by atoms with Gasteiger partial charge in [0.15, 0.2) is 23.1 Å². The van der Waals surface area contributed by atoms with E-state index in [-0.39, 0.29) is 5.91 Å². The summed E-state index contributed by atoms with van der Waals surface area (Å²) < 4.78 is 10.5. The van der Waals surface area contributed by atoms with Gasteiger partial charge in [0.25, 0.3) is 0 Å². The monoisotopic (exact) mass is 330 g/mol. The Kier molecular flexibility index (Phi) is 5.23. The van der Waals surface area contributed by atoms with Gasteiger partial charge >= 0.3 is 0 Å². The molecule has 0 radical (unpaired) electrons. The lowest BCUT2D eigenvalue weighted by atomic mass is 9.96. The van der Waals surface area contributed by atoms with Crippen molar-refractivity contribution < 1.29 is 14.3 Å². The number of benzene rings is 1. The Morgan fingerprint density at radius 2 is 1.58 bits per heavy atom. The molecule has 2 N–H and O–H groups in total. The molecule has 0 aliphatic rings. The van der Waals surface area contributed by atoms with Crippen LogP contribution < -0.4 is 20.1 Å². The van der Waals surface area contributed by atoms with Crippen molar-refractivity contribution in [1.29, 1.82) is 0 Å². The molecule has 7 heteroatoms. The Balaban J connectivity index is 2.08. The van der Waals surface area contributed by atoms with Crippen LogP contribution in [0.2, 0.25) is 0 Å². The molecule has 0 fully saturated rings. The molecule has 24 heavy (non-hydrogen) atoms.